The van der Waals surface area contributed by atoms with Gasteiger partial charge in [0, 0.05) is 36.3 Å². The van der Waals surface area contributed by atoms with Crippen molar-refractivity contribution in [2.24, 2.45) is 0 Å². The molecule has 3 rings (SSSR count). The van der Waals surface area contributed by atoms with Crippen molar-refractivity contribution in [3.63, 3.8) is 0 Å². The summed E-state index contributed by atoms with van der Waals surface area (Å²) in [5.74, 6) is -0.112. The number of anilines is 1. The molecule has 1 aliphatic rings. The lowest BCUT2D eigenvalue weighted by atomic mass is 10.1. The van der Waals surface area contributed by atoms with Crippen molar-refractivity contribution in [1.82, 2.24) is 9.80 Å². The van der Waals surface area contributed by atoms with Gasteiger partial charge in [0.25, 0.3) is 5.91 Å². The van der Waals surface area contributed by atoms with E-state index in [1.54, 1.807) is 29.0 Å². The number of aryl methyl sites for hydroxylation is 1. The Bertz CT molecular complexity index is 886. The molecule has 28 heavy (non-hydrogen) atoms. The normalized spacial score (nSPS) is 14.1. The fourth-order valence-electron chi connectivity index (χ4n) is 2.86. The maximum Gasteiger partial charge on any atom is 0.254 e. The van der Waals surface area contributed by atoms with E-state index in [2.05, 4.69) is 5.32 Å². The van der Waals surface area contributed by atoms with Crippen LogP contribution in [0.1, 0.15) is 15.9 Å². The number of nitrogens with one attached hydrogen (secondary N) is 1. The van der Waals surface area contributed by atoms with Crippen molar-refractivity contribution < 1.29 is 14.4 Å². The minimum atomic E-state index is -0.199. The van der Waals surface area contributed by atoms with Gasteiger partial charge in [0.1, 0.15) is 6.54 Å². The SMILES string of the molecule is Cc1ccc(C(=O)N2CCN(C)C(=O)C2)cc1NC(=O)CSc1ccccc1. The maximum absolute atomic E-state index is 12.8. The summed E-state index contributed by atoms with van der Waals surface area (Å²) in [6, 6.07) is 14.9. The van der Waals surface area contributed by atoms with Crippen molar-refractivity contribution in [2.45, 2.75) is 11.8 Å². The molecular formula is C21H23N3O3S. The summed E-state index contributed by atoms with van der Waals surface area (Å²) in [6.45, 7) is 2.99. The van der Waals surface area contributed by atoms with Crippen LogP contribution in [0.3, 0.4) is 0 Å². The predicted octanol–water partition coefficient (Wildman–Crippen LogP) is 2.64. The molecule has 0 unspecified atom stereocenters. The third kappa shape index (κ3) is 4.92. The van der Waals surface area contributed by atoms with E-state index < -0.39 is 0 Å². The highest BCUT2D eigenvalue weighted by atomic mass is 32.2. The highest BCUT2D eigenvalue weighted by Gasteiger charge is 2.25. The number of carbonyl (C=O) groups is 3. The molecule has 1 saturated heterocycles. The lowest BCUT2D eigenvalue weighted by Crippen LogP contribution is -2.50. The Morgan fingerprint density at radius 1 is 1.11 bits per heavy atom. The third-order valence-electron chi connectivity index (χ3n) is 4.62. The lowest BCUT2D eigenvalue weighted by Gasteiger charge is -2.32. The first-order valence-electron chi connectivity index (χ1n) is 9.05. The first kappa shape index (κ1) is 19.9. The molecule has 2 aromatic carbocycles. The molecule has 0 radical (unpaired) electrons. The molecule has 3 amide bonds. The number of thioether (sulfide) groups is 1. The number of hydrogen-bond acceptors (Lipinski definition) is 4. The molecule has 0 bridgehead atoms. The smallest absolute Gasteiger partial charge is 0.254 e. The number of likely N-dealkylation sites (N-methyl/N-ethyl adjacent to an activating group) is 1. The van der Waals surface area contributed by atoms with Gasteiger partial charge in [-0.25, -0.2) is 0 Å². The quantitative estimate of drug-likeness (QED) is 0.788. The highest BCUT2D eigenvalue weighted by molar-refractivity contribution is 8.00. The first-order chi connectivity index (χ1) is 13.4. The van der Waals surface area contributed by atoms with E-state index >= 15 is 0 Å². The molecule has 0 saturated carbocycles. The number of hydrogen-bond donors (Lipinski definition) is 1. The number of piperazine rings is 1. The highest BCUT2D eigenvalue weighted by Crippen LogP contribution is 2.21. The van der Waals surface area contributed by atoms with Crippen LogP contribution >= 0.6 is 11.8 Å². The van der Waals surface area contributed by atoms with Gasteiger partial charge in [-0.2, -0.15) is 0 Å². The summed E-state index contributed by atoms with van der Waals surface area (Å²) >= 11 is 1.46. The van der Waals surface area contributed by atoms with E-state index in [4.69, 9.17) is 0 Å². The van der Waals surface area contributed by atoms with Crippen molar-refractivity contribution in [3.05, 3.63) is 59.7 Å². The van der Waals surface area contributed by atoms with Gasteiger partial charge in [-0.15, -0.1) is 11.8 Å². The Balaban J connectivity index is 1.65. The fourth-order valence-corrected chi connectivity index (χ4v) is 3.58. The van der Waals surface area contributed by atoms with E-state index in [0.717, 1.165) is 10.5 Å². The third-order valence-corrected chi connectivity index (χ3v) is 5.63. The molecule has 2 aromatic rings. The second-order valence-electron chi connectivity index (χ2n) is 6.72. The topological polar surface area (TPSA) is 69.7 Å². The van der Waals surface area contributed by atoms with Gasteiger partial charge in [-0.05, 0) is 36.8 Å². The van der Waals surface area contributed by atoms with Crippen LogP contribution in [-0.2, 0) is 9.59 Å². The van der Waals surface area contributed by atoms with Crippen LogP contribution in [0.15, 0.2) is 53.4 Å². The minimum Gasteiger partial charge on any atom is -0.342 e. The first-order valence-corrected chi connectivity index (χ1v) is 10.0. The fraction of sp³-hybridized carbons (Fsp3) is 0.286. The Kier molecular flexibility index (Phi) is 6.36. The molecule has 0 atom stereocenters. The van der Waals surface area contributed by atoms with Gasteiger partial charge >= 0.3 is 0 Å². The Hall–Kier alpha value is -2.80. The van der Waals surface area contributed by atoms with Crippen LogP contribution in [-0.4, -0.2) is 60.0 Å². The van der Waals surface area contributed by atoms with Gasteiger partial charge in [-0.1, -0.05) is 24.3 Å². The van der Waals surface area contributed by atoms with Crippen LogP contribution in [0, 0.1) is 6.92 Å². The average Bonchev–Trinajstić information content (AvgIpc) is 2.70. The van der Waals surface area contributed by atoms with E-state index in [1.807, 2.05) is 43.3 Å². The number of nitrogens with zero attached hydrogens (tertiary/aromatic N) is 2. The average molecular weight is 398 g/mol. The summed E-state index contributed by atoms with van der Waals surface area (Å²) in [4.78, 5) is 41.1. The number of benzene rings is 2. The molecule has 1 fully saturated rings. The summed E-state index contributed by atoms with van der Waals surface area (Å²) < 4.78 is 0. The van der Waals surface area contributed by atoms with E-state index in [-0.39, 0.29) is 30.0 Å². The molecular weight excluding hydrogens is 374 g/mol. The zero-order chi connectivity index (χ0) is 20.1. The van der Waals surface area contributed by atoms with Crippen molar-refractivity contribution in [3.8, 4) is 0 Å². The molecule has 146 valence electrons. The largest absolute Gasteiger partial charge is 0.342 e. The van der Waals surface area contributed by atoms with Crippen LogP contribution in [0.2, 0.25) is 0 Å². The molecule has 0 aromatic heterocycles. The summed E-state index contributed by atoms with van der Waals surface area (Å²) in [6.07, 6.45) is 0. The van der Waals surface area contributed by atoms with E-state index in [0.29, 0.717) is 24.3 Å². The standard InChI is InChI=1S/C21H23N3O3S/c1-15-8-9-16(21(27)24-11-10-23(2)20(26)13-24)12-18(15)22-19(25)14-28-17-6-4-3-5-7-17/h3-9,12H,10-11,13-14H2,1-2H3,(H,22,25). The van der Waals surface area contributed by atoms with E-state index in [9.17, 15) is 14.4 Å². The zero-order valence-electron chi connectivity index (χ0n) is 16.0. The second-order valence-corrected chi connectivity index (χ2v) is 7.77. The summed E-state index contributed by atoms with van der Waals surface area (Å²) in [7, 11) is 1.73. The number of carbonyl (C=O) groups excluding carboxylic acids is 3. The van der Waals surface area contributed by atoms with Crippen molar-refractivity contribution in [1.29, 1.82) is 0 Å². The summed E-state index contributed by atoms with van der Waals surface area (Å²) in [5.41, 5.74) is 1.96. The monoisotopic (exact) mass is 397 g/mol. The Morgan fingerprint density at radius 3 is 2.57 bits per heavy atom. The molecule has 0 aliphatic carbocycles. The van der Waals surface area contributed by atoms with Gasteiger partial charge in [0.2, 0.25) is 11.8 Å². The van der Waals surface area contributed by atoms with Crippen molar-refractivity contribution >= 4 is 35.2 Å². The Morgan fingerprint density at radius 2 is 1.86 bits per heavy atom. The molecule has 7 heteroatoms. The van der Waals surface area contributed by atoms with Gasteiger partial charge in [0.15, 0.2) is 0 Å². The van der Waals surface area contributed by atoms with Crippen LogP contribution in [0.4, 0.5) is 5.69 Å². The van der Waals surface area contributed by atoms with Gasteiger partial charge in [0.05, 0.1) is 5.75 Å². The molecule has 0 spiro atoms. The Labute approximate surface area is 168 Å². The van der Waals surface area contributed by atoms with Crippen LogP contribution < -0.4 is 5.32 Å². The zero-order valence-corrected chi connectivity index (χ0v) is 16.8. The van der Waals surface area contributed by atoms with Gasteiger partial charge < -0.3 is 15.1 Å². The minimum absolute atomic E-state index is 0.0711. The predicted molar refractivity (Wildman–Crippen MR) is 111 cm³/mol. The molecule has 6 nitrogen and oxygen atoms in total. The molecule has 1 heterocycles. The van der Waals surface area contributed by atoms with Crippen LogP contribution in [0.25, 0.3) is 0 Å². The molecule has 1 aliphatic heterocycles. The maximum atomic E-state index is 12.8. The van der Waals surface area contributed by atoms with Crippen molar-refractivity contribution in [2.75, 3.05) is 37.8 Å². The van der Waals surface area contributed by atoms with Crippen LogP contribution in [0.5, 0.6) is 0 Å². The van der Waals surface area contributed by atoms with E-state index in [1.165, 1.54) is 11.8 Å². The summed E-state index contributed by atoms with van der Waals surface area (Å²) in [5, 5.41) is 2.89. The number of amides is 3. The van der Waals surface area contributed by atoms with Gasteiger partial charge in [-0.3, -0.25) is 14.4 Å². The lowest BCUT2D eigenvalue weighted by molar-refractivity contribution is -0.133. The second kappa shape index (κ2) is 8.93. The number of rotatable bonds is 5. The molecule has 1 N–H and O–H groups in total.